The molecule has 0 spiro atoms. The Balaban J connectivity index is 2.20. The average molecular weight is 304 g/mol. The van der Waals surface area contributed by atoms with Crippen LogP contribution in [0.4, 0.5) is 0 Å². The molecule has 3 heteroatoms. The quantitative estimate of drug-likeness (QED) is 0.632. The smallest absolute Gasteiger partial charge is 0.180 e. The molecule has 2 nitrogen and oxygen atoms in total. The summed E-state index contributed by atoms with van der Waals surface area (Å²) in [4.78, 5) is 15.9. The standard InChI is InChI=1S/C15H14BrNO/c1-2-11-3-5-13(6-4-11)15(18)14(16)12-7-9-17-10-8-12/h3-10,14H,2H2,1H3. The Hall–Kier alpha value is -1.48. The summed E-state index contributed by atoms with van der Waals surface area (Å²) in [5.41, 5.74) is 2.89. The van der Waals surface area contributed by atoms with E-state index in [-0.39, 0.29) is 10.6 Å². The molecular weight excluding hydrogens is 290 g/mol. The molecular formula is C15H14BrNO. The summed E-state index contributed by atoms with van der Waals surface area (Å²) in [5.74, 6) is 0.0730. The Morgan fingerprint density at radius 1 is 1.17 bits per heavy atom. The molecule has 0 radical (unpaired) electrons. The number of Topliss-reactive ketones (excluding diaryl/α,β-unsaturated/α-hetero) is 1. The Morgan fingerprint density at radius 3 is 2.33 bits per heavy atom. The molecule has 92 valence electrons. The highest BCUT2D eigenvalue weighted by molar-refractivity contribution is 9.09. The number of aryl methyl sites for hydroxylation is 1. The van der Waals surface area contributed by atoms with Gasteiger partial charge in [-0.05, 0) is 29.7 Å². The lowest BCUT2D eigenvalue weighted by molar-refractivity contribution is 0.0991. The first-order valence-electron chi connectivity index (χ1n) is 5.89. The number of aromatic nitrogens is 1. The Morgan fingerprint density at radius 2 is 1.78 bits per heavy atom. The molecule has 0 fully saturated rings. The van der Waals surface area contributed by atoms with Crippen molar-refractivity contribution in [1.82, 2.24) is 4.98 Å². The molecule has 1 unspecified atom stereocenters. The van der Waals surface area contributed by atoms with Gasteiger partial charge in [0, 0.05) is 18.0 Å². The van der Waals surface area contributed by atoms with Crippen LogP contribution < -0.4 is 0 Å². The van der Waals surface area contributed by atoms with Gasteiger partial charge in [-0.2, -0.15) is 0 Å². The Bertz CT molecular complexity index is 522. The summed E-state index contributed by atoms with van der Waals surface area (Å²) >= 11 is 3.45. The molecule has 2 aromatic rings. The topological polar surface area (TPSA) is 30.0 Å². The lowest BCUT2D eigenvalue weighted by Crippen LogP contribution is -2.07. The minimum Gasteiger partial charge on any atom is -0.293 e. The van der Waals surface area contributed by atoms with Crippen LogP contribution in [-0.2, 0) is 6.42 Å². The number of rotatable bonds is 4. The largest absolute Gasteiger partial charge is 0.293 e. The fourth-order valence-corrected chi connectivity index (χ4v) is 2.30. The molecule has 0 aliphatic carbocycles. The molecule has 0 amide bonds. The molecule has 2 rings (SSSR count). The SMILES string of the molecule is CCc1ccc(C(=O)C(Br)c2ccncc2)cc1. The van der Waals surface area contributed by atoms with Gasteiger partial charge >= 0.3 is 0 Å². The average Bonchev–Trinajstić information content (AvgIpc) is 2.47. The number of ketones is 1. The van der Waals surface area contributed by atoms with Gasteiger partial charge < -0.3 is 0 Å². The second-order valence-corrected chi connectivity index (χ2v) is 4.97. The third kappa shape index (κ3) is 2.85. The van der Waals surface area contributed by atoms with Gasteiger partial charge in [-0.3, -0.25) is 9.78 Å². The predicted octanol–water partition coefficient (Wildman–Crippen LogP) is 3.96. The molecule has 1 heterocycles. The molecule has 0 aliphatic rings. The molecule has 1 aromatic heterocycles. The van der Waals surface area contributed by atoms with Crippen LogP contribution in [0.15, 0.2) is 48.8 Å². The maximum atomic E-state index is 12.3. The van der Waals surface area contributed by atoms with Crippen LogP contribution in [0.1, 0.15) is 33.2 Å². The minimum atomic E-state index is -0.312. The van der Waals surface area contributed by atoms with E-state index in [2.05, 4.69) is 27.8 Å². The van der Waals surface area contributed by atoms with Crippen LogP contribution >= 0.6 is 15.9 Å². The van der Waals surface area contributed by atoms with Crippen molar-refractivity contribution in [2.24, 2.45) is 0 Å². The number of nitrogens with zero attached hydrogens (tertiary/aromatic N) is 1. The van der Waals surface area contributed by atoms with Gasteiger partial charge in [0.05, 0.1) is 0 Å². The first kappa shape index (κ1) is 13.0. The highest BCUT2D eigenvalue weighted by Gasteiger charge is 2.18. The Labute approximate surface area is 115 Å². The number of alkyl halides is 1. The van der Waals surface area contributed by atoms with Crippen molar-refractivity contribution >= 4 is 21.7 Å². The van der Waals surface area contributed by atoms with E-state index in [0.29, 0.717) is 0 Å². The minimum absolute atomic E-state index is 0.0730. The van der Waals surface area contributed by atoms with Gasteiger partial charge in [0.1, 0.15) is 4.83 Å². The lowest BCUT2D eigenvalue weighted by Gasteiger charge is -2.09. The van der Waals surface area contributed by atoms with Crippen molar-refractivity contribution < 1.29 is 4.79 Å². The molecule has 0 N–H and O–H groups in total. The number of pyridine rings is 1. The number of carbonyl (C=O) groups excluding carboxylic acids is 1. The first-order chi connectivity index (χ1) is 8.72. The second kappa shape index (κ2) is 5.91. The van der Waals surface area contributed by atoms with Crippen LogP contribution in [0, 0.1) is 0 Å². The first-order valence-corrected chi connectivity index (χ1v) is 6.81. The van der Waals surface area contributed by atoms with Gasteiger partial charge in [-0.1, -0.05) is 47.1 Å². The zero-order valence-corrected chi connectivity index (χ0v) is 11.7. The van der Waals surface area contributed by atoms with Crippen LogP contribution in [0.2, 0.25) is 0 Å². The van der Waals surface area contributed by atoms with Crippen molar-refractivity contribution in [2.75, 3.05) is 0 Å². The van der Waals surface area contributed by atoms with E-state index < -0.39 is 0 Å². The normalized spacial score (nSPS) is 12.1. The van der Waals surface area contributed by atoms with E-state index in [1.54, 1.807) is 12.4 Å². The predicted molar refractivity (Wildman–Crippen MR) is 76.1 cm³/mol. The van der Waals surface area contributed by atoms with Gasteiger partial charge in [0.25, 0.3) is 0 Å². The third-order valence-electron chi connectivity index (χ3n) is 2.88. The monoisotopic (exact) mass is 303 g/mol. The van der Waals surface area contributed by atoms with E-state index in [0.717, 1.165) is 17.5 Å². The fraction of sp³-hybridized carbons (Fsp3) is 0.200. The maximum absolute atomic E-state index is 12.3. The van der Waals surface area contributed by atoms with Crippen molar-refractivity contribution in [3.63, 3.8) is 0 Å². The summed E-state index contributed by atoms with van der Waals surface area (Å²) in [6.45, 7) is 2.10. The van der Waals surface area contributed by atoms with Gasteiger partial charge in [0.15, 0.2) is 5.78 Å². The number of halogens is 1. The summed E-state index contributed by atoms with van der Waals surface area (Å²) < 4.78 is 0. The summed E-state index contributed by atoms with van der Waals surface area (Å²) in [5, 5.41) is 0. The molecule has 1 aromatic carbocycles. The van der Waals surface area contributed by atoms with Gasteiger partial charge in [-0.25, -0.2) is 0 Å². The molecule has 1 atom stereocenters. The van der Waals surface area contributed by atoms with Crippen molar-refractivity contribution in [3.05, 3.63) is 65.5 Å². The number of hydrogen-bond donors (Lipinski definition) is 0. The van der Waals surface area contributed by atoms with E-state index in [4.69, 9.17) is 0 Å². The van der Waals surface area contributed by atoms with Crippen molar-refractivity contribution in [2.45, 2.75) is 18.2 Å². The zero-order valence-electron chi connectivity index (χ0n) is 10.1. The molecule has 0 aliphatic heterocycles. The zero-order chi connectivity index (χ0) is 13.0. The van der Waals surface area contributed by atoms with Crippen molar-refractivity contribution in [1.29, 1.82) is 0 Å². The van der Waals surface area contributed by atoms with Gasteiger partial charge in [-0.15, -0.1) is 0 Å². The van der Waals surface area contributed by atoms with Crippen LogP contribution in [0.5, 0.6) is 0 Å². The Kier molecular flexibility index (Phi) is 4.26. The number of hydrogen-bond acceptors (Lipinski definition) is 2. The molecule has 0 saturated carbocycles. The van der Waals surface area contributed by atoms with E-state index in [9.17, 15) is 4.79 Å². The highest BCUT2D eigenvalue weighted by atomic mass is 79.9. The fourth-order valence-electron chi connectivity index (χ4n) is 1.73. The highest BCUT2D eigenvalue weighted by Crippen LogP contribution is 2.26. The third-order valence-corrected chi connectivity index (χ3v) is 3.82. The summed E-state index contributed by atoms with van der Waals surface area (Å²) in [6, 6.07) is 11.5. The summed E-state index contributed by atoms with van der Waals surface area (Å²) in [6.07, 6.45) is 4.37. The van der Waals surface area contributed by atoms with E-state index >= 15 is 0 Å². The lowest BCUT2D eigenvalue weighted by atomic mass is 10.0. The molecule has 0 bridgehead atoms. The van der Waals surface area contributed by atoms with Crippen LogP contribution in [-0.4, -0.2) is 10.8 Å². The van der Waals surface area contributed by atoms with E-state index in [1.165, 1.54) is 5.56 Å². The van der Waals surface area contributed by atoms with Gasteiger partial charge in [0.2, 0.25) is 0 Å². The molecule has 18 heavy (non-hydrogen) atoms. The number of benzene rings is 1. The molecule has 0 saturated heterocycles. The number of carbonyl (C=O) groups is 1. The van der Waals surface area contributed by atoms with E-state index in [1.807, 2.05) is 36.4 Å². The van der Waals surface area contributed by atoms with Crippen LogP contribution in [0.25, 0.3) is 0 Å². The second-order valence-electron chi connectivity index (χ2n) is 4.06. The summed E-state index contributed by atoms with van der Waals surface area (Å²) in [7, 11) is 0. The van der Waals surface area contributed by atoms with Crippen molar-refractivity contribution in [3.8, 4) is 0 Å². The van der Waals surface area contributed by atoms with Crippen LogP contribution in [0.3, 0.4) is 0 Å². The maximum Gasteiger partial charge on any atom is 0.180 e.